The van der Waals surface area contributed by atoms with Gasteiger partial charge < -0.3 is 14.6 Å². The number of benzene rings is 1. The van der Waals surface area contributed by atoms with Crippen LogP contribution in [0.15, 0.2) is 24.3 Å². The molecule has 0 saturated carbocycles. The van der Waals surface area contributed by atoms with Gasteiger partial charge in [0.15, 0.2) is 0 Å². The molecule has 0 saturated heterocycles. The van der Waals surface area contributed by atoms with Crippen LogP contribution in [0.5, 0.6) is 0 Å². The standard InChI is InChI=1S/C14H21NO5S/c1-2-3-4-5-10-20-14(16)12-6-8-13(9-7-12)15-11-21(17,18)19/h6-9,15H,2-5,10-11H2,1H3,(H,17,18,19)/p-1. The van der Waals surface area contributed by atoms with Crippen LogP contribution in [-0.2, 0) is 14.9 Å². The first-order valence-electron chi connectivity index (χ1n) is 6.87. The first-order valence-corrected chi connectivity index (χ1v) is 8.44. The first-order chi connectivity index (χ1) is 9.92. The van der Waals surface area contributed by atoms with Crippen molar-refractivity contribution in [1.29, 1.82) is 0 Å². The maximum absolute atomic E-state index is 11.7. The fraction of sp³-hybridized carbons (Fsp3) is 0.500. The summed E-state index contributed by atoms with van der Waals surface area (Å²) in [5, 5.41) is 2.46. The van der Waals surface area contributed by atoms with Gasteiger partial charge in [-0.15, -0.1) is 0 Å². The third-order valence-electron chi connectivity index (χ3n) is 2.80. The van der Waals surface area contributed by atoms with E-state index in [4.69, 9.17) is 4.74 Å². The Balaban J connectivity index is 2.40. The molecular weight excluding hydrogens is 294 g/mol. The molecule has 0 spiro atoms. The smallest absolute Gasteiger partial charge is 0.338 e. The topological polar surface area (TPSA) is 95.5 Å². The molecule has 0 aliphatic carbocycles. The van der Waals surface area contributed by atoms with Gasteiger partial charge in [-0.1, -0.05) is 26.2 Å². The molecule has 0 aromatic heterocycles. The van der Waals surface area contributed by atoms with Gasteiger partial charge in [0, 0.05) is 5.69 Å². The molecular formula is C14H20NO5S-. The molecule has 0 unspecified atom stereocenters. The molecule has 0 aliphatic heterocycles. The summed E-state index contributed by atoms with van der Waals surface area (Å²) in [7, 11) is -4.32. The lowest BCUT2D eigenvalue weighted by molar-refractivity contribution is 0.0498. The van der Waals surface area contributed by atoms with Crippen LogP contribution in [0.25, 0.3) is 0 Å². The number of hydrogen-bond donors (Lipinski definition) is 1. The number of rotatable bonds is 9. The van der Waals surface area contributed by atoms with Crippen molar-refractivity contribution in [2.45, 2.75) is 32.6 Å². The maximum Gasteiger partial charge on any atom is 0.338 e. The Kier molecular flexibility index (Phi) is 7.18. The average Bonchev–Trinajstić information content (AvgIpc) is 2.44. The van der Waals surface area contributed by atoms with E-state index in [0.717, 1.165) is 25.7 Å². The molecule has 1 rings (SSSR count). The second kappa shape index (κ2) is 8.63. The highest BCUT2D eigenvalue weighted by atomic mass is 32.2. The van der Waals surface area contributed by atoms with Crippen molar-refractivity contribution in [2.75, 3.05) is 17.8 Å². The van der Waals surface area contributed by atoms with Gasteiger partial charge in [0.1, 0.15) is 16.0 Å². The summed E-state index contributed by atoms with van der Waals surface area (Å²) in [6, 6.07) is 6.10. The molecule has 1 aromatic rings. The Hall–Kier alpha value is -1.60. The molecule has 0 aliphatic rings. The molecule has 21 heavy (non-hydrogen) atoms. The largest absolute Gasteiger partial charge is 0.747 e. The van der Waals surface area contributed by atoms with Crippen LogP contribution < -0.4 is 5.32 Å². The van der Waals surface area contributed by atoms with Crippen molar-refractivity contribution in [3.05, 3.63) is 29.8 Å². The van der Waals surface area contributed by atoms with E-state index in [2.05, 4.69) is 12.2 Å². The van der Waals surface area contributed by atoms with Gasteiger partial charge in [0.25, 0.3) is 0 Å². The molecule has 0 fully saturated rings. The molecule has 0 bridgehead atoms. The molecule has 1 N–H and O–H groups in total. The van der Waals surface area contributed by atoms with Crippen molar-refractivity contribution in [1.82, 2.24) is 0 Å². The fourth-order valence-electron chi connectivity index (χ4n) is 1.67. The number of carbonyl (C=O) groups is 1. The van der Waals surface area contributed by atoms with Crippen molar-refractivity contribution in [3.8, 4) is 0 Å². The molecule has 0 heterocycles. The first kappa shape index (κ1) is 17.5. The zero-order chi connectivity index (χ0) is 15.7. The van der Waals surface area contributed by atoms with E-state index in [-0.39, 0.29) is 0 Å². The van der Waals surface area contributed by atoms with Crippen LogP contribution in [0, 0.1) is 0 Å². The van der Waals surface area contributed by atoms with Crippen LogP contribution >= 0.6 is 0 Å². The number of anilines is 1. The number of ether oxygens (including phenoxy) is 1. The molecule has 0 atom stereocenters. The zero-order valence-corrected chi connectivity index (χ0v) is 12.8. The quantitative estimate of drug-likeness (QED) is 0.427. The summed E-state index contributed by atoms with van der Waals surface area (Å²) in [4.78, 5) is 11.7. The number of unbranched alkanes of at least 4 members (excludes halogenated alkanes) is 3. The lowest BCUT2D eigenvalue weighted by Gasteiger charge is -2.10. The van der Waals surface area contributed by atoms with Gasteiger partial charge in [0.2, 0.25) is 0 Å². The van der Waals surface area contributed by atoms with Crippen molar-refractivity contribution >= 4 is 21.8 Å². The van der Waals surface area contributed by atoms with Crippen LogP contribution in [-0.4, -0.2) is 31.4 Å². The highest BCUT2D eigenvalue weighted by molar-refractivity contribution is 7.85. The Morgan fingerprint density at radius 1 is 1.19 bits per heavy atom. The van der Waals surface area contributed by atoms with Crippen LogP contribution in [0.3, 0.4) is 0 Å². The third-order valence-corrected chi connectivity index (χ3v) is 3.30. The molecule has 118 valence electrons. The third kappa shape index (κ3) is 7.67. The summed E-state index contributed by atoms with van der Waals surface area (Å²) in [5.41, 5.74) is 0.843. The minimum Gasteiger partial charge on any atom is -0.747 e. The monoisotopic (exact) mass is 314 g/mol. The summed E-state index contributed by atoms with van der Waals surface area (Å²) in [5.74, 6) is -1.09. The Morgan fingerprint density at radius 3 is 2.43 bits per heavy atom. The lowest BCUT2D eigenvalue weighted by atomic mass is 10.2. The predicted octanol–water partition coefficient (Wildman–Crippen LogP) is 2.34. The number of esters is 1. The van der Waals surface area contributed by atoms with E-state index in [9.17, 15) is 17.8 Å². The number of hydrogen-bond acceptors (Lipinski definition) is 6. The van der Waals surface area contributed by atoms with Gasteiger partial charge in [-0.05, 0) is 30.7 Å². The molecule has 7 heteroatoms. The van der Waals surface area contributed by atoms with Crippen LogP contribution in [0.1, 0.15) is 43.0 Å². The maximum atomic E-state index is 11.7. The van der Waals surface area contributed by atoms with E-state index in [1.54, 1.807) is 0 Å². The molecule has 1 aromatic carbocycles. The van der Waals surface area contributed by atoms with Gasteiger partial charge in [-0.3, -0.25) is 0 Å². The minimum atomic E-state index is -4.32. The summed E-state index contributed by atoms with van der Waals surface area (Å²) < 4.78 is 36.6. The van der Waals surface area contributed by atoms with Crippen LogP contribution in [0.2, 0.25) is 0 Å². The highest BCUT2D eigenvalue weighted by Gasteiger charge is 2.06. The van der Waals surface area contributed by atoms with Gasteiger partial charge in [-0.25, -0.2) is 13.2 Å². The van der Waals surface area contributed by atoms with Crippen molar-refractivity contribution in [3.63, 3.8) is 0 Å². The molecule has 6 nitrogen and oxygen atoms in total. The highest BCUT2D eigenvalue weighted by Crippen LogP contribution is 2.11. The van der Waals surface area contributed by atoms with E-state index in [0.29, 0.717) is 17.9 Å². The Labute approximate surface area is 125 Å². The van der Waals surface area contributed by atoms with E-state index in [1.807, 2.05) is 0 Å². The summed E-state index contributed by atoms with van der Waals surface area (Å²) in [6.07, 6.45) is 4.14. The molecule has 0 amide bonds. The van der Waals surface area contributed by atoms with E-state index < -0.39 is 22.0 Å². The predicted molar refractivity (Wildman–Crippen MR) is 79.1 cm³/mol. The average molecular weight is 314 g/mol. The number of carbonyl (C=O) groups excluding carboxylic acids is 1. The summed E-state index contributed by atoms with van der Waals surface area (Å²) in [6.45, 7) is 2.51. The summed E-state index contributed by atoms with van der Waals surface area (Å²) >= 11 is 0. The Bertz CT molecular complexity index is 539. The number of nitrogens with one attached hydrogen (secondary N) is 1. The fourth-order valence-corrected chi connectivity index (χ4v) is 2.02. The second-order valence-corrected chi connectivity index (χ2v) is 6.06. The Morgan fingerprint density at radius 2 is 1.86 bits per heavy atom. The van der Waals surface area contributed by atoms with Crippen molar-refractivity contribution in [2.24, 2.45) is 0 Å². The van der Waals surface area contributed by atoms with Crippen LogP contribution in [0.4, 0.5) is 5.69 Å². The van der Waals surface area contributed by atoms with E-state index in [1.165, 1.54) is 24.3 Å². The lowest BCUT2D eigenvalue weighted by Crippen LogP contribution is -2.13. The normalized spacial score (nSPS) is 11.1. The van der Waals surface area contributed by atoms with Crippen molar-refractivity contribution < 1.29 is 22.5 Å². The molecule has 0 radical (unpaired) electrons. The zero-order valence-electron chi connectivity index (χ0n) is 12.0. The van der Waals surface area contributed by atoms with Gasteiger partial charge in [0.05, 0.1) is 12.2 Å². The SMILES string of the molecule is CCCCCCOC(=O)c1ccc(NCS(=O)(=O)[O-])cc1. The van der Waals surface area contributed by atoms with Gasteiger partial charge >= 0.3 is 5.97 Å². The second-order valence-electron chi connectivity index (χ2n) is 4.65. The minimum absolute atomic E-state index is 0.390. The van der Waals surface area contributed by atoms with E-state index >= 15 is 0 Å². The van der Waals surface area contributed by atoms with Gasteiger partial charge in [-0.2, -0.15) is 0 Å².